The normalized spacial score (nSPS) is 17.3. The van der Waals surface area contributed by atoms with Gasteiger partial charge in [-0.2, -0.15) is 17.5 Å². The van der Waals surface area contributed by atoms with Crippen LogP contribution in [-0.2, 0) is 32.3 Å². The molecule has 0 radical (unpaired) electrons. The number of amides is 1. The third-order valence-electron chi connectivity index (χ3n) is 7.11. The number of piperazine rings is 1. The lowest BCUT2D eigenvalue weighted by atomic mass is 10.1. The van der Waals surface area contributed by atoms with E-state index in [0.717, 1.165) is 53.8 Å². The van der Waals surface area contributed by atoms with E-state index in [-0.39, 0.29) is 33.9 Å². The van der Waals surface area contributed by atoms with Crippen LogP contribution in [0.5, 0.6) is 5.75 Å². The first-order chi connectivity index (χ1) is 23.0. The summed E-state index contributed by atoms with van der Waals surface area (Å²) in [5.41, 5.74) is -0.874. The summed E-state index contributed by atoms with van der Waals surface area (Å²) in [5.74, 6) is -3.65. The van der Waals surface area contributed by atoms with Crippen LogP contribution < -0.4 is 20.5 Å². The van der Waals surface area contributed by atoms with Crippen molar-refractivity contribution in [3.8, 4) is 5.75 Å². The first kappa shape index (κ1) is 38.5. The molecular formula is C28H26F9N5O6S2. The molecule has 1 amide bonds. The number of aryl methyl sites for hydroxylation is 1. The molecule has 1 aromatic carbocycles. The van der Waals surface area contributed by atoms with Crippen LogP contribution in [0.3, 0.4) is 0 Å². The minimum atomic E-state index is -5.04. The maximum absolute atomic E-state index is 13.7. The molecule has 1 atom stereocenters. The zero-order valence-corrected chi connectivity index (χ0v) is 27.5. The summed E-state index contributed by atoms with van der Waals surface area (Å²) in [6.07, 6.45) is -13.3. The second-order valence-electron chi connectivity index (χ2n) is 10.7. The van der Waals surface area contributed by atoms with Gasteiger partial charge in [-0.3, -0.25) is 9.59 Å². The number of hydrogen-bond acceptors (Lipinski definition) is 9. The lowest BCUT2D eigenvalue weighted by Crippen LogP contribution is -2.60. The lowest BCUT2D eigenvalue weighted by Gasteiger charge is -2.40. The number of nitrogens with one attached hydrogen (secondary N) is 2. The molecule has 0 saturated carbocycles. The van der Waals surface area contributed by atoms with Gasteiger partial charge >= 0.3 is 18.9 Å². The number of rotatable bonds is 9. The average molecular weight is 764 g/mol. The second-order valence-corrected chi connectivity index (χ2v) is 13.8. The monoisotopic (exact) mass is 763 g/mol. The smallest absolute Gasteiger partial charge is 0.411 e. The lowest BCUT2D eigenvalue weighted by molar-refractivity contribution is -0.305. The molecule has 4 rings (SSSR count). The molecule has 1 saturated heterocycles. The largest absolute Gasteiger partial charge is 0.573 e. The molecule has 1 aliphatic rings. The van der Waals surface area contributed by atoms with Crippen molar-refractivity contribution < 1.29 is 62.2 Å². The third-order valence-corrected chi connectivity index (χ3v) is 10.5. The number of allylic oxidation sites excluding steroid dienone is 4. The number of carbonyl (C=O) groups excluding carboxylic acids is 1. The number of aromatic nitrogens is 2. The molecule has 3 heterocycles. The Labute approximate surface area is 281 Å². The van der Waals surface area contributed by atoms with E-state index in [4.69, 9.17) is 0 Å². The fourth-order valence-electron chi connectivity index (χ4n) is 4.81. The number of nitrogens with zero attached hydrogens (tertiary/aromatic N) is 3. The van der Waals surface area contributed by atoms with Crippen molar-refractivity contribution in [3.63, 3.8) is 0 Å². The van der Waals surface area contributed by atoms with E-state index in [2.05, 4.69) is 19.8 Å². The Morgan fingerprint density at radius 2 is 1.68 bits per heavy atom. The Bertz CT molecular complexity index is 1970. The van der Waals surface area contributed by atoms with Gasteiger partial charge in [0.1, 0.15) is 22.3 Å². The minimum absolute atomic E-state index is 0.138. The van der Waals surface area contributed by atoms with E-state index >= 15 is 0 Å². The van der Waals surface area contributed by atoms with E-state index in [1.807, 2.05) is 0 Å². The molecule has 274 valence electrons. The van der Waals surface area contributed by atoms with E-state index in [1.54, 1.807) is 4.98 Å². The zero-order chi connectivity index (χ0) is 37.4. The maximum Gasteiger partial charge on any atom is 0.573 e. The fourth-order valence-corrected chi connectivity index (χ4v) is 7.42. The molecule has 0 aliphatic carbocycles. The summed E-state index contributed by atoms with van der Waals surface area (Å²) in [4.78, 5) is 32.4. The number of hydrogen-bond donors (Lipinski definition) is 2. The predicted molar refractivity (Wildman–Crippen MR) is 161 cm³/mol. The zero-order valence-electron chi connectivity index (χ0n) is 25.9. The van der Waals surface area contributed by atoms with Crippen molar-refractivity contribution in [2.24, 2.45) is 0 Å². The van der Waals surface area contributed by atoms with Crippen LogP contribution in [0.4, 0.5) is 44.5 Å². The van der Waals surface area contributed by atoms with E-state index in [9.17, 15) is 57.5 Å². The summed E-state index contributed by atoms with van der Waals surface area (Å²) in [6.45, 7) is 2.18. The number of thiophene rings is 1. The molecule has 0 unspecified atom stereocenters. The van der Waals surface area contributed by atoms with Gasteiger partial charge in [-0.05, 0) is 50.6 Å². The Morgan fingerprint density at radius 1 is 1.04 bits per heavy atom. The van der Waals surface area contributed by atoms with E-state index in [1.165, 1.54) is 24.0 Å². The summed E-state index contributed by atoms with van der Waals surface area (Å²) < 4.78 is 151. The minimum Gasteiger partial charge on any atom is -0.411 e. The average Bonchev–Trinajstić information content (AvgIpc) is 3.33. The molecule has 1 aliphatic heterocycles. The van der Waals surface area contributed by atoms with Crippen molar-refractivity contribution in [2.45, 2.75) is 52.3 Å². The van der Waals surface area contributed by atoms with Gasteiger partial charge in [0.2, 0.25) is 21.8 Å². The number of ether oxygens (including phenoxy) is 2. The van der Waals surface area contributed by atoms with Gasteiger partial charge < -0.3 is 24.7 Å². The van der Waals surface area contributed by atoms with E-state index < -0.39 is 81.8 Å². The van der Waals surface area contributed by atoms with Crippen molar-refractivity contribution in [2.75, 3.05) is 24.5 Å². The molecule has 2 N–H and O–H groups in total. The molecule has 50 heavy (non-hydrogen) atoms. The van der Waals surface area contributed by atoms with Crippen molar-refractivity contribution in [1.29, 1.82) is 0 Å². The molecule has 0 spiro atoms. The van der Waals surface area contributed by atoms with Gasteiger partial charge in [0, 0.05) is 31.7 Å². The quantitative estimate of drug-likeness (QED) is 0.161. The van der Waals surface area contributed by atoms with Gasteiger partial charge in [-0.1, -0.05) is 12.1 Å². The van der Waals surface area contributed by atoms with Gasteiger partial charge in [-0.25, -0.2) is 13.4 Å². The Hall–Kier alpha value is -4.31. The molecule has 3 aromatic rings. The first-order valence-corrected chi connectivity index (χ1v) is 16.3. The molecule has 11 nitrogen and oxygen atoms in total. The highest BCUT2D eigenvalue weighted by atomic mass is 32.2. The molecule has 1 fully saturated rings. The number of carbonyl (C=O) groups is 1. The highest BCUT2D eigenvalue weighted by Gasteiger charge is 2.42. The number of anilines is 1. The Balaban J connectivity index is 1.66. The topological polar surface area (TPSA) is 134 Å². The molecule has 22 heteroatoms. The number of H-pyrrole nitrogens is 1. The van der Waals surface area contributed by atoms with Crippen LogP contribution in [0.1, 0.15) is 30.8 Å². The summed E-state index contributed by atoms with van der Waals surface area (Å²) in [5, 5.41) is 2.72. The molecular weight excluding hydrogens is 737 g/mol. The van der Waals surface area contributed by atoms with Crippen LogP contribution in [0, 0.1) is 6.92 Å². The van der Waals surface area contributed by atoms with Crippen LogP contribution in [0.25, 0.3) is 10.2 Å². The van der Waals surface area contributed by atoms with Crippen molar-refractivity contribution in [1.82, 2.24) is 19.6 Å². The number of benzene rings is 1. The number of aromatic amines is 1. The van der Waals surface area contributed by atoms with Gasteiger partial charge in [0.25, 0.3) is 5.56 Å². The molecule has 0 bridgehead atoms. The predicted octanol–water partition coefficient (Wildman–Crippen LogP) is 5.69. The number of fused-ring (bicyclic) bond motifs is 1. The highest BCUT2D eigenvalue weighted by molar-refractivity contribution is 7.93. The second kappa shape index (κ2) is 14.1. The molecule has 2 aromatic heterocycles. The number of alkyl halides is 9. The summed E-state index contributed by atoms with van der Waals surface area (Å²) in [6, 6.07) is 2.86. The Kier molecular flexibility index (Phi) is 10.9. The standard InChI is InChI=1S/C28H26F9N5O6S2/c1-14(47-27(32,33)34)4-5-15(2)50(45,46)42-11-10-41(24-16(3)20-21(49-24)23(44)40-25(39-20)26(29,30)31)13-19(42)22(43)38-12-17-6-8-18(9-7-17)48-28(35,36)37/h4-9,19H,10-13H2,1-3H3,(H,38,43)(H,39,40,44)/b14-4+,15-5+/t19-/m1/s1. The first-order valence-electron chi connectivity index (χ1n) is 14.1. The van der Waals surface area contributed by atoms with Gasteiger partial charge in [0.15, 0.2) is 0 Å². The summed E-state index contributed by atoms with van der Waals surface area (Å²) in [7, 11) is -4.56. The van der Waals surface area contributed by atoms with Crippen LogP contribution >= 0.6 is 11.3 Å². The van der Waals surface area contributed by atoms with Crippen molar-refractivity contribution in [3.05, 3.63) is 74.4 Å². The Morgan fingerprint density at radius 3 is 2.26 bits per heavy atom. The van der Waals surface area contributed by atoms with Gasteiger partial charge in [-0.15, -0.1) is 37.7 Å². The van der Waals surface area contributed by atoms with Gasteiger partial charge in [0.05, 0.1) is 15.4 Å². The van der Waals surface area contributed by atoms with Crippen LogP contribution in [0.15, 0.2) is 51.9 Å². The SMILES string of the molecule is C/C(=C\C=C(/C)S(=O)(=O)N1CCN(c2sc3c(=O)[nH]c(C(F)(F)F)nc3c2C)C[C@@H]1C(=O)NCc1ccc(OC(F)(F)F)cc1)OC(F)(F)F. The van der Waals surface area contributed by atoms with E-state index in [0.29, 0.717) is 5.56 Å². The third kappa shape index (κ3) is 9.27. The summed E-state index contributed by atoms with van der Waals surface area (Å²) >= 11 is 0.772. The fraction of sp³-hybridized carbons (Fsp3) is 0.393. The maximum atomic E-state index is 13.7. The highest BCUT2D eigenvalue weighted by Crippen LogP contribution is 2.38. The number of halogens is 9. The van der Waals surface area contributed by atoms with Crippen molar-refractivity contribution >= 4 is 42.5 Å². The van der Waals surface area contributed by atoms with Crippen LogP contribution in [-0.4, -0.2) is 67.0 Å². The van der Waals surface area contributed by atoms with Crippen LogP contribution in [0.2, 0.25) is 0 Å². The number of sulfonamides is 1.